The number of rotatable bonds is 11. The van der Waals surface area contributed by atoms with Crippen LogP contribution in [0.4, 0.5) is 0 Å². The summed E-state index contributed by atoms with van der Waals surface area (Å²) in [4.78, 5) is 10.5. The van der Waals surface area contributed by atoms with Crippen LogP contribution in [0.2, 0.25) is 0 Å². The van der Waals surface area contributed by atoms with Crippen molar-refractivity contribution in [3.8, 4) is 0 Å². The lowest BCUT2D eigenvalue weighted by molar-refractivity contribution is -0.138. The fraction of sp³-hybridized carbons (Fsp3) is 0.909. The summed E-state index contributed by atoms with van der Waals surface area (Å²) in [5.74, 6) is -0.982. The molecule has 0 heterocycles. The molecule has 0 aromatic heterocycles. The predicted octanol–water partition coefficient (Wildman–Crippen LogP) is 2.22. The van der Waals surface area contributed by atoms with Crippen molar-refractivity contribution >= 4 is 13.6 Å². The molecule has 0 saturated heterocycles. The van der Waals surface area contributed by atoms with Crippen LogP contribution < -0.4 is 5.73 Å². The third-order valence-corrected chi connectivity index (χ3v) is 4.58. The molecule has 3 N–H and O–H groups in total. The van der Waals surface area contributed by atoms with E-state index >= 15 is 0 Å². The summed E-state index contributed by atoms with van der Waals surface area (Å²) < 4.78 is 22.4. The number of unbranched alkanes of at least 4 members (excludes halogenated alkanes) is 2. The van der Waals surface area contributed by atoms with E-state index < -0.39 is 19.6 Å². The maximum absolute atomic E-state index is 12.1. The van der Waals surface area contributed by atoms with E-state index in [2.05, 4.69) is 0 Å². The van der Waals surface area contributed by atoms with Crippen molar-refractivity contribution in [2.45, 2.75) is 45.6 Å². The van der Waals surface area contributed by atoms with Crippen LogP contribution in [0.25, 0.3) is 0 Å². The normalized spacial score (nSPS) is 13.5. The quantitative estimate of drug-likeness (QED) is 0.445. The van der Waals surface area contributed by atoms with E-state index in [9.17, 15) is 9.36 Å². The molecule has 0 aliphatic rings. The zero-order valence-electron chi connectivity index (χ0n) is 11.1. The third-order valence-electron chi connectivity index (χ3n) is 2.42. The summed E-state index contributed by atoms with van der Waals surface area (Å²) in [6.07, 6.45) is 2.96. The van der Waals surface area contributed by atoms with E-state index in [4.69, 9.17) is 19.9 Å². The first kappa shape index (κ1) is 17.6. The Kier molecular flexibility index (Phi) is 9.28. The molecule has 108 valence electrons. The van der Waals surface area contributed by atoms with Gasteiger partial charge in [0.05, 0.1) is 19.4 Å². The van der Waals surface area contributed by atoms with Crippen molar-refractivity contribution in [3.63, 3.8) is 0 Å². The largest absolute Gasteiger partial charge is 0.480 e. The molecular formula is C11H24NO5P. The minimum Gasteiger partial charge on any atom is -0.480 e. The van der Waals surface area contributed by atoms with Crippen molar-refractivity contribution < 1.29 is 23.5 Å². The average molecular weight is 281 g/mol. The lowest BCUT2D eigenvalue weighted by atomic mass is 10.1. The third kappa shape index (κ3) is 7.82. The Hall–Kier alpha value is -0.420. The van der Waals surface area contributed by atoms with Crippen molar-refractivity contribution in [3.05, 3.63) is 0 Å². The van der Waals surface area contributed by atoms with Gasteiger partial charge in [0.15, 0.2) is 0 Å². The Balaban J connectivity index is 3.80. The Morgan fingerprint density at radius 3 is 2.22 bits per heavy atom. The van der Waals surface area contributed by atoms with Gasteiger partial charge in [0.25, 0.3) is 0 Å². The fourth-order valence-electron chi connectivity index (χ4n) is 1.53. The molecule has 0 bridgehead atoms. The molecular weight excluding hydrogens is 257 g/mol. The molecule has 6 nitrogen and oxygen atoms in total. The Morgan fingerprint density at radius 2 is 1.78 bits per heavy atom. The average Bonchev–Trinajstić information content (AvgIpc) is 2.28. The standard InChI is InChI=1S/C11H24NO5P/c1-3-16-18(15,17-4-2)9-7-5-6-8-10(12)11(13)14/h10H,3-9,12H2,1-2H3,(H,13,14). The number of hydrogen-bond donors (Lipinski definition) is 2. The topological polar surface area (TPSA) is 98.9 Å². The highest BCUT2D eigenvalue weighted by Gasteiger charge is 2.22. The highest BCUT2D eigenvalue weighted by molar-refractivity contribution is 7.53. The lowest BCUT2D eigenvalue weighted by Gasteiger charge is -2.16. The first-order valence-electron chi connectivity index (χ1n) is 6.31. The summed E-state index contributed by atoms with van der Waals surface area (Å²) >= 11 is 0. The predicted molar refractivity (Wildman–Crippen MR) is 69.8 cm³/mol. The zero-order valence-corrected chi connectivity index (χ0v) is 12.0. The van der Waals surface area contributed by atoms with Gasteiger partial charge in [0.2, 0.25) is 0 Å². The molecule has 18 heavy (non-hydrogen) atoms. The molecule has 0 fully saturated rings. The summed E-state index contributed by atoms with van der Waals surface area (Å²) in [5, 5.41) is 8.60. The van der Waals surface area contributed by atoms with Crippen LogP contribution >= 0.6 is 7.60 Å². The van der Waals surface area contributed by atoms with Gasteiger partial charge in [-0.05, 0) is 26.7 Å². The highest BCUT2D eigenvalue weighted by Crippen LogP contribution is 2.48. The van der Waals surface area contributed by atoms with E-state index in [1.54, 1.807) is 13.8 Å². The molecule has 0 radical (unpaired) electrons. The number of carboxylic acid groups (broad SMARTS) is 1. The van der Waals surface area contributed by atoms with Gasteiger partial charge < -0.3 is 19.9 Å². The summed E-state index contributed by atoms with van der Waals surface area (Å²) in [6.45, 7) is 4.28. The summed E-state index contributed by atoms with van der Waals surface area (Å²) in [7, 11) is -2.95. The van der Waals surface area contributed by atoms with Gasteiger partial charge in [0, 0.05) is 0 Å². The number of carboxylic acids is 1. The Bertz CT molecular complexity index is 275. The summed E-state index contributed by atoms with van der Waals surface area (Å²) in [5.41, 5.74) is 5.38. The van der Waals surface area contributed by atoms with Crippen LogP contribution in [0.1, 0.15) is 39.5 Å². The lowest BCUT2D eigenvalue weighted by Crippen LogP contribution is -2.29. The molecule has 0 aromatic rings. The van der Waals surface area contributed by atoms with E-state index in [0.29, 0.717) is 38.6 Å². The van der Waals surface area contributed by atoms with Crippen molar-refractivity contribution in [2.24, 2.45) is 5.73 Å². The van der Waals surface area contributed by atoms with Crippen LogP contribution in [0.5, 0.6) is 0 Å². The molecule has 0 aliphatic carbocycles. The fourth-order valence-corrected chi connectivity index (χ4v) is 3.26. The minimum atomic E-state index is -2.95. The van der Waals surface area contributed by atoms with Crippen LogP contribution in [-0.2, 0) is 18.4 Å². The number of carbonyl (C=O) groups is 1. The van der Waals surface area contributed by atoms with Gasteiger partial charge in [-0.1, -0.05) is 12.8 Å². The molecule has 1 atom stereocenters. The van der Waals surface area contributed by atoms with Gasteiger partial charge in [0.1, 0.15) is 6.04 Å². The molecule has 0 spiro atoms. The first-order chi connectivity index (χ1) is 8.45. The smallest absolute Gasteiger partial charge is 0.330 e. The van der Waals surface area contributed by atoms with Crippen molar-refractivity contribution in [2.75, 3.05) is 19.4 Å². The zero-order chi connectivity index (χ0) is 14.0. The maximum Gasteiger partial charge on any atom is 0.330 e. The SMILES string of the molecule is CCOP(=O)(CCCCCC(N)C(=O)O)OCC. The number of hydrogen-bond acceptors (Lipinski definition) is 5. The van der Waals surface area contributed by atoms with Crippen LogP contribution in [0.3, 0.4) is 0 Å². The van der Waals surface area contributed by atoms with Gasteiger partial charge in [-0.3, -0.25) is 9.36 Å². The molecule has 7 heteroatoms. The Morgan fingerprint density at radius 1 is 1.22 bits per heavy atom. The second-order valence-corrected chi connectivity index (χ2v) is 6.15. The molecule has 0 rings (SSSR count). The van der Waals surface area contributed by atoms with Crippen LogP contribution in [0, 0.1) is 0 Å². The second kappa shape index (κ2) is 9.50. The Labute approximate surface area is 108 Å². The van der Waals surface area contributed by atoms with Gasteiger partial charge in [-0.15, -0.1) is 0 Å². The number of nitrogens with two attached hydrogens (primary N) is 1. The molecule has 1 unspecified atom stereocenters. The van der Waals surface area contributed by atoms with Crippen LogP contribution in [0.15, 0.2) is 0 Å². The first-order valence-corrected chi connectivity index (χ1v) is 8.04. The monoisotopic (exact) mass is 281 g/mol. The molecule has 0 aliphatic heterocycles. The minimum absolute atomic E-state index is 0.362. The molecule has 0 amide bonds. The maximum atomic E-state index is 12.1. The molecule has 0 saturated carbocycles. The van der Waals surface area contributed by atoms with Gasteiger partial charge in [-0.25, -0.2) is 0 Å². The second-order valence-electron chi connectivity index (χ2n) is 3.96. The summed E-state index contributed by atoms with van der Waals surface area (Å²) in [6, 6.07) is -0.810. The van der Waals surface area contributed by atoms with Crippen LogP contribution in [-0.4, -0.2) is 36.5 Å². The van der Waals surface area contributed by atoms with E-state index in [1.807, 2.05) is 0 Å². The van der Waals surface area contributed by atoms with E-state index in [-0.39, 0.29) is 0 Å². The molecule has 0 aromatic carbocycles. The highest BCUT2D eigenvalue weighted by atomic mass is 31.2. The van der Waals surface area contributed by atoms with Gasteiger partial charge in [-0.2, -0.15) is 0 Å². The van der Waals surface area contributed by atoms with E-state index in [1.165, 1.54) is 0 Å². The number of aliphatic carboxylic acids is 1. The van der Waals surface area contributed by atoms with Crippen molar-refractivity contribution in [1.82, 2.24) is 0 Å². The van der Waals surface area contributed by atoms with E-state index in [0.717, 1.165) is 6.42 Å². The van der Waals surface area contributed by atoms with Gasteiger partial charge >= 0.3 is 13.6 Å². The van der Waals surface area contributed by atoms with Crippen molar-refractivity contribution in [1.29, 1.82) is 0 Å².